The molecule has 1 saturated carbocycles. The van der Waals surface area contributed by atoms with E-state index in [1.165, 1.54) is 56.3 Å². The van der Waals surface area contributed by atoms with Crippen molar-refractivity contribution in [3.8, 4) is 0 Å². The second-order valence-corrected chi connectivity index (χ2v) is 10.3. The summed E-state index contributed by atoms with van der Waals surface area (Å²) in [6.45, 7) is 9.13. The van der Waals surface area contributed by atoms with Crippen molar-refractivity contribution in [2.75, 3.05) is 31.1 Å². The van der Waals surface area contributed by atoms with Crippen molar-refractivity contribution in [2.45, 2.75) is 83.7 Å². The maximum absolute atomic E-state index is 13.4. The van der Waals surface area contributed by atoms with E-state index in [0.29, 0.717) is 18.0 Å². The Labute approximate surface area is 176 Å². The van der Waals surface area contributed by atoms with Gasteiger partial charge in [-0.2, -0.15) is 0 Å². The van der Waals surface area contributed by atoms with E-state index in [-0.39, 0.29) is 5.41 Å². The van der Waals surface area contributed by atoms with Gasteiger partial charge in [0.15, 0.2) is 0 Å². The number of carbonyl (C=O) groups excluding carboxylic acids is 1. The van der Waals surface area contributed by atoms with Crippen LogP contribution in [-0.4, -0.2) is 44.2 Å². The Morgan fingerprint density at radius 3 is 2.59 bits per heavy atom. The first kappa shape index (κ1) is 19.6. The van der Waals surface area contributed by atoms with E-state index in [9.17, 15) is 4.79 Å². The highest BCUT2D eigenvalue weighted by Crippen LogP contribution is 2.47. The van der Waals surface area contributed by atoms with Crippen molar-refractivity contribution in [3.63, 3.8) is 0 Å². The summed E-state index contributed by atoms with van der Waals surface area (Å²) in [5, 5.41) is 3.61. The predicted molar refractivity (Wildman–Crippen MR) is 120 cm³/mol. The molecule has 1 unspecified atom stereocenters. The molecule has 3 saturated heterocycles. The van der Waals surface area contributed by atoms with Gasteiger partial charge in [-0.15, -0.1) is 0 Å². The van der Waals surface area contributed by atoms with Crippen LogP contribution in [0, 0.1) is 12.3 Å². The lowest BCUT2D eigenvalue weighted by Crippen LogP contribution is -2.59. The van der Waals surface area contributed by atoms with Gasteiger partial charge in [-0.25, -0.2) is 0 Å². The number of nitrogens with one attached hydrogen (secondary N) is 1. The predicted octanol–water partition coefficient (Wildman–Crippen LogP) is 4.53. The van der Waals surface area contributed by atoms with Crippen molar-refractivity contribution < 1.29 is 4.79 Å². The van der Waals surface area contributed by atoms with E-state index in [4.69, 9.17) is 0 Å². The van der Waals surface area contributed by atoms with Gasteiger partial charge in [0.25, 0.3) is 0 Å². The van der Waals surface area contributed by atoms with Gasteiger partial charge < -0.3 is 10.2 Å². The standard InChI is InChI=1S/C25H38N3O/c1-19-17-21(28(16-6-7-20(28)2)22-10-14-26-18-22)8-9-23(19)27-15-13-25(24(27)29)11-4-3-5-12-25/h8-9,17,20,22,26H,3-7,10-16,18H2,1-2H3/q+1/t20-,22-,28?/m0/s1. The molecular formula is C25H38N3O+. The number of hydrogen-bond donors (Lipinski definition) is 1. The highest BCUT2D eigenvalue weighted by Gasteiger charge is 2.49. The third-order valence-corrected chi connectivity index (χ3v) is 8.90. The van der Waals surface area contributed by atoms with Gasteiger partial charge >= 0.3 is 0 Å². The summed E-state index contributed by atoms with van der Waals surface area (Å²) in [5.41, 5.74) is 3.88. The van der Waals surface area contributed by atoms with E-state index >= 15 is 0 Å². The van der Waals surface area contributed by atoms with Crippen molar-refractivity contribution >= 4 is 17.3 Å². The van der Waals surface area contributed by atoms with E-state index in [0.717, 1.165) is 49.1 Å². The summed E-state index contributed by atoms with van der Waals surface area (Å²) in [4.78, 5) is 15.5. The normalized spacial score (nSPS) is 34.4. The molecule has 5 rings (SSSR count). The third-order valence-electron chi connectivity index (χ3n) is 8.90. The fourth-order valence-electron chi connectivity index (χ4n) is 7.21. The molecule has 0 aromatic heterocycles. The number of carbonyl (C=O) groups is 1. The first-order valence-electron chi connectivity index (χ1n) is 12.1. The number of benzene rings is 1. The highest BCUT2D eigenvalue weighted by molar-refractivity contribution is 6.00. The summed E-state index contributed by atoms with van der Waals surface area (Å²) in [6, 6.07) is 8.44. The van der Waals surface area contributed by atoms with Crippen LogP contribution in [0.4, 0.5) is 11.4 Å². The Bertz CT molecular complexity index is 778. The van der Waals surface area contributed by atoms with Crippen LogP contribution in [-0.2, 0) is 4.79 Å². The van der Waals surface area contributed by atoms with Crippen LogP contribution >= 0.6 is 0 Å². The van der Waals surface area contributed by atoms with Gasteiger partial charge in [-0.05, 0) is 44.7 Å². The number of likely N-dealkylation sites (tertiary alicyclic amines) is 1. The van der Waals surface area contributed by atoms with Crippen molar-refractivity contribution in [1.29, 1.82) is 0 Å². The highest BCUT2D eigenvalue weighted by atomic mass is 16.2. The summed E-state index contributed by atoms with van der Waals surface area (Å²) in [5.74, 6) is 0.409. The van der Waals surface area contributed by atoms with Crippen LogP contribution < -0.4 is 14.7 Å². The zero-order valence-electron chi connectivity index (χ0n) is 18.4. The van der Waals surface area contributed by atoms with Gasteiger partial charge in [-0.1, -0.05) is 19.3 Å². The molecule has 1 aromatic carbocycles. The molecular weight excluding hydrogens is 358 g/mol. The van der Waals surface area contributed by atoms with E-state index in [1.54, 1.807) is 0 Å². The van der Waals surface area contributed by atoms with Gasteiger partial charge in [0, 0.05) is 56.7 Å². The van der Waals surface area contributed by atoms with Gasteiger partial charge in [0.1, 0.15) is 11.7 Å². The smallest absolute Gasteiger partial charge is 0.233 e. The quantitative estimate of drug-likeness (QED) is 0.761. The number of quaternary nitrogens is 1. The number of nitrogens with zero attached hydrogens (tertiary/aromatic N) is 2. The number of anilines is 1. The lowest BCUT2D eigenvalue weighted by Gasteiger charge is -2.43. The first-order chi connectivity index (χ1) is 14.1. The van der Waals surface area contributed by atoms with Crippen LogP contribution in [0.1, 0.15) is 70.3 Å². The number of hydrogen-bond acceptors (Lipinski definition) is 2. The zero-order chi connectivity index (χ0) is 20.1. The Morgan fingerprint density at radius 1 is 1.10 bits per heavy atom. The Balaban J connectivity index is 1.45. The van der Waals surface area contributed by atoms with Gasteiger partial charge in [0.05, 0.1) is 18.0 Å². The molecule has 1 N–H and O–H groups in total. The molecule has 1 amide bonds. The fraction of sp³-hybridized carbons (Fsp3) is 0.720. The number of rotatable bonds is 3. The van der Waals surface area contributed by atoms with E-state index in [2.05, 4.69) is 42.3 Å². The summed E-state index contributed by atoms with van der Waals surface area (Å²) >= 11 is 0. The Kier molecular flexibility index (Phi) is 4.98. The molecule has 3 heterocycles. The molecule has 1 aliphatic carbocycles. The van der Waals surface area contributed by atoms with E-state index < -0.39 is 0 Å². The molecule has 1 aromatic rings. The van der Waals surface area contributed by atoms with Crippen LogP contribution in [0.2, 0.25) is 0 Å². The van der Waals surface area contributed by atoms with Gasteiger partial charge in [-0.3, -0.25) is 9.28 Å². The molecule has 158 valence electrons. The zero-order valence-corrected chi connectivity index (χ0v) is 18.4. The monoisotopic (exact) mass is 396 g/mol. The SMILES string of the molecule is Cc1cc([N+]2([C@H]3CCNC3)CCC[C@@H]2C)ccc1N1CCC2(CCCCC2)C1=O. The maximum Gasteiger partial charge on any atom is 0.233 e. The molecule has 3 aliphatic heterocycles. The lowest BCUT2D eigenvalue weighted by molar-refractivity contribution is -0.127. The largest absolute Gasteiger partial charge is 0.312 e. The van der Waals surface area contributed by atoms with Crippen molar-refractivity contribution in [3.05, 3.63) is 23.8 Å². The number of aryl methyl sites for hydroxylation is 1. The topological polar surface area (TPSA) is 32.3 Å². The summed E-state index contributed by atoms with van der Waals surface area (Å²) in [7, 11) is 0. The second-order valence-electron chi connectivity index (χ2n) is 10.3. The minimum Gasteiger partial charge on any atom is -0.312 e. The average Bonchev–Trinajstić information content (AvgIpc) is 3.45. The molecule has 4 fully saturated rings. The number of amides is 1. The molecule has 4 nitrogen and oxygen atoms in total. The molecule has 29 heavy (non-hydrogen) atoms. The van der Waals surface area contributed by atoms with Crippen LogP contribution in [0.5, 0.6) is 0 Å². The first-order valence-corrected chi connectivity index (χ1v) is 12.1. The van der Waals surface area contributed by atoms with Crippen molar-refractivity contribution in [1.82, 2.24) is 9.80 Å². The minimum absolute atomic E-state index is 0.0455. The molecule has 1 spiro atoms. The third kappa shape index (κ3) is 2.97. The summed E-state index contributed by atoms with van der Waals surface area (Å²) < 4.78 is 1.14. The van der Waals surface area contributed by atoms with Crippen LogP contribution in [0.15, 0.2) is 18.2 Å². The molecule has 0 bridgehead atoms. The molecule has 0 radical (unpaired) electrons. The Hall–Kier alpha value is -1.39. The molecule has 3 atom stereocenters. The molecule has 4 heteroatoms. The van der Waals surface area contributed by atoms with Crippen molar-refractivity contribution in [2.24, 2.45) is 5.41 Å². The van der Waals surface area contributed by atoms with Crippen LogP contribution in [0.3, 0.4) is 0 Å². The second kappa shape index (κ2) is 7.39. The lowest BCUT2D eigenvalue weighted by atomic mass is 9.73. The van der Waals surface area contributed by atoms with E-state index in [1.807, 2.05) is 0 Å². The van der Waals surface area contributed by atoms with Crippen LogP contribution in [0.25, 0.3) is 0 Å². The van der Waals surface area contributed by atoms with Gasteiger partial charge in [0.2, 0.25) is 5.91 Å². The minimum atomic E-state index is -0.0455. The Morgan fingerprint density at radius 2 is 1.93 bits per heavy atom. The fourth-order valence-corrected chi connectivity index (χ4v) is 7.21. The maximum atomic E-state index is 13.4. The summed E-state index contributed by atoms with van der Waals surface area (Å²) in [6.07, 6.45) is 10.9. The average molecular weight is 397 g/mol. The molecule has 4 aliphatic rings.